The monoisotopic (exact) mass is 503 g/mol. The van der Waals surface area contributed by atoms with Crippen molar-refractivity contribution in [3.63, 3.8) is 0 Å². The fraction of sp³-hybridized carbons (Fsp3) is 0.176. The molecule has 3 aromatic rings. The molecular formula is C17H11F6NO6S2. The standard InChI is InChI=1S/C17H11F6NO6S2/c18-16(19,20)31(25,26)29-13-8-4-7-12-15(13)14(30-32(27,28)17(21,22)23)10-24(12)9-11-5-2-1-3-6-11/h1-8,10H,9H2. The first-order valence-electron chi connectivity index (χ1n) is 8.30. The average molecular weight is 503 g/mol. The van der Waals surface area contributed by atoms with Gasteiger partial charge in [-0.15, -0.1) is 0 Å². The molecule has 0 fully saturated rings. The van der Waals surface area contributed by atoms with Crippen LogP contribution >= 0.6 is 0 Å². The van der Waals surface area contributed by atoms with Gasteiger partial charge in [0.15, 0.2) is 11.5 Å². The number of rotatable bonds is 6. The van der Waals surface area contributed by atoms with Gasteiger partial charge in [-0.2, -0.15) is 43.2 Å². The molecule has 0 bridgehead atoms. The van der Waals surface area contributed by atoms with Crippen molar-refractivity contribution >= 4 is 31.1 Å². The molecule has 0 aliphatic rings. The third kappa shape index (κ3) is 4.62. The zero-order chi connectivity index (χ0) is 23.9. The summed E-state index contributed by atoms with van der Waals surface area (Å²) in [7, 11) is -12.4. The van der Waals surface area contributed by atoms with E-state index in [1.165, 1.54) is 10.6 Å². The van der Waals surface area contributed by atoms with Crippen molar-refractivity contribution in [3.05, 3.63) is 60.3 Å². The molecule has 0 saturated carbocycles. The Morgan fingerprint density at radius 2 is 1.25 bits per heavy atom. The Hall–Kier alpha value is -2.94. The Labute approximate surface area is 177 Å². The number of nitrogens with zero attached hydrogens (tertiary/aromatic N) is 1. The van der Waals surface area contributed by atoms with Crippen molar-refractivity contribution in [3.8, 4) is 11.5 Å². The van der Waals surface area contributed by atoms with E-state index < -0.39 is 48.1 Å². The van der Waals surface area contributed by atoms with E-state index >= 15 is 0 Å². The van der Waals surface area contributed by atoms with Gasteiger partial charge in [-0.3, -0.25) is 0 Å². The zero-order valence-electron chi connectivity index (χ0n) is 15.4. The first-order chi connectivity index (χ1) is 14.6. The molecule has 15 heteroatoms. The largest absolute Gasteiger partial charge is 0.534 e. The summed E-state index contributed by atoms with van der Waals surface area (Å²) in [5.74, 6) is -2.14. The van der Waals surface area contributed by atoms with Gasteiger partial charge in [-0.05, 0) is 17.7 Å². The molecule has 2 aromatic carbocycles. The number of hydrogen-bond donors (Lipinski definition) is 0. The number of benzene rings is 2. The second-order valence-corrected chi connectivity index (χ2v) is 9.30. The lowest BCUT2D eigenvalue weighted by Gasteiger charge is -2.12. The number of fused-ring (bicyclic) bond motifs is 1. The molecule has 0 amide bonds. The first-order valence-corrected chi connectivity index (χ1v) is 11.1. The SMILES string of the molecule is O=S(=O)(Oc1cccc2c1c(OS(=O)(=O)C(F)(F)F)cn2Cc1ccccc1)C(F)(F)F. The number of alkyl halides is 6. The maximum Gasteiger partial charge on any atom is 0.534 e. The molecule has 0 unspecified atom stereocenters. The molecule has 0 radical (unpaired) electrons. The van der Waals surface area contributed by atoms with E-state index in [9.17, 15) is 43.2 Å². The summed E-state index contributed by atoms with van der Waals surface area (Å²) in [5, 5.41) is -0.718. The van der Waals surface area contributed by atoms with Crippen LogP contribution in [-0.4, -0.2) is 32.4 Å². The van der Waals surface area contributed by atoms with Gasteiger partial charge >= 0.3 is 31.3 Å². The Bertz CT molecular complexity index is 1350. The van der Waals surface area contributed by atoms with Crippen LogP contribution in [0.1, 0.15) is 5.56 Å². The summed E-state index contributed by atoms with van der Waals surface area (Å²) in [4.78, 5) is 0. The van der Waals surface area contributed by atoms with Crippen molar-refractivity contribution in [2.24, 2.45) is 0 Å². The van der Waals surface area contributed by atoms with E-state index in [0.29, 0.717) is 11.6 Å². The zero-order valence-corrected chi connectivity index (χ0v) is 17.0. The molecule has 7 nitrogen and oxygen atoms in total. The quantitative estimate of drug-likeness (QED) is 0.285. The van der Waals surface area contributed by atoms with E-state index in [0.717, 1.165) is 12.3 Å². The van der Waals surface area contributed by atoms with Gasteiger partial charge in [-0.25, -0.2) is 0 Å². The highest BCUT2D eigenvalue weighted by atomic mass is 32.2. The van der Waals surface area contributed by atoms with E-state index in [1.54, 1.807) is 30.3 Å². The molecule has 3 rings (SSSR count). The van der Waals surface area contributed by atoms with Crippen molar-refractivity contribution in [1.82, 2.24) is 4.57 Å². The van der Waals surface area contributed by atoms with Crippen LogP contribution in [0.15, 0.2) is 54.7 Å². The van der Waals surface area contributed by atoms with E-state index in [1.807, 2.05) is 0 Å². The number of hydrogen-bond acceptors (Lipinski definition) is 6. The minimum atomic E-state index is -6.23. The number of halogens is 6. The fourth-order valence-electron chi connectivity index (χ4n) is 2.66. The van der Waals surface area contributed by atoms with Gasteiger partial charge in [0.25, 0.3) is 0 Å². The minimum Gasteiger partial charge on any atom is -0.375 e. The maximum absolute atomic E-state index is 12.8. The first kappa shape index (κ1) is 23.7. The van der Waals surface area contributed by atoms with Gasteiger partial charge in [0.1, 0.15) is 0 Å². The molecule has 0 aliphatic heterocycles. The highest BCUT2D eigenvalue weighted by Crippen LogP contribution is 2.40. The average Bonchev–Trinajstić information content (AvgIpc) is 2.98. The molecule has 174 valence electrons. The Morgan fingerprint density at radius 1 is 0.719 bits per heavy atom. The molecule has 0 N–H and O–H groups in total. The lowest BCUT2D eigenvalue weighted by molar-refractivity contribution is -0.0502. The molecule has 0 spiro atoms. The third-order valence-electron chi connectivity index (χ3n) is 3.99. The normalized spacial score (nSPS) is 13.3. The fourth-order valence-corrected chi connectivity index (χ4v) is 3.58. The van der Waals surface area contributed by atoms with Gasteiger partial charge < -0.3 is 12.9 Å². The van der Waals surface area contributed by atoms with Crippen LogP contribution in [0.5, 0.6) is 11.5 Å². The Balaban J connectivity index is 2.21. The second-order valence-electron chi connectivity index (χ2n) is 6.22. The molecular weight excluding hydrogens is 492 g/mol. The minimum absolute atomic E-state index is 0.0672. The van der Waals surface area contributed by atoms with Crippen LogP contribution in [0.25, 0.3) is 10.9 Å². The van der Waals surface area contributed by atoms with Gasteiger partial charge in [0.05, 0.1) is 10.9 Å². The van der Waals surface area contributed by atoms with Crippen LogP contribution in [0, 0.1) is 0 Å². The van der Waals surface area contributed by atoms with Crippen LogP contribution < -0.4 is 8.37 Å². The van der Waals surface area contributed by atoms with Crippen molar-refractivity contribution in [2.45, 2.75) is 17.6 Å². The van der Waals surface area contributed by atoms with Crippen LogP contribution in [0.3, 0.4) is 0 Å². The predicted molar refractivity (Wildman–Crippen MR) is 98.7 cm³/mol. The number of aromatic nitrogens is 1. The topological polar surface area (TPSA) is 91.7 Å². The molecule has 0 aliphatic carbocycles. The summed E-state index contributed by atoms with van der Waals surface area (Å²) in [6.45, 7) is -0.0672. The summed E-state index contributed by atoms with van der Waals surface area (Å²) in [6, 6.07) is 11.2. The molecule has 1 aromatic heterocycles. The van der Waals surface area contributed by atoms with Crippen LogP contribution in [0.4, 0.5) is 26.3 Å². The van der Waals surface area contributed by atoms with E-state index in [-0.39, 0.29) is 12.1 Å². The van der Waals surface area contributed by atoms with E-state index in [4.69, 9.17) is 0 Å². The Kier molecular flexibility index (Phi) is 5.84. The van der Waals surface area contributed by atoms with Crippen molar-refractivity contribution in [2.75, 3.05) is 0 Å². The van der Waals surface area contributed by atoms with E-state index in [2.05, 4.69) is 8.37 Å². The summed E-state index contributed by atoms with van der Waals surface area (Å²) < 4.78 is 132. The van der Waals surface area contributed by atoms with Gasteiger partial charge in [0, 0.05) is 12.7 Å². The molecule has 32 heavy (non-hydrogen) atoms. The Morgan fingerprint density at radius 3 is 1.78 bits per heavy atom. The van der Waals surface area contributed by atoms with Gasteiger partial charge in [0.2, 0.25) is 0 Å². The highest BCUT2D eigenvalue weighted by Gasteiger charge is 2.50. The van der Waals surface area contributed by atoms with Crippen LogP contribution in [-0.2, 0) is 26.8 Å². The lowest BCUT2D eigenvalue weighted by atomic mass is 10.2. The third-order valence-corrected chi connectivity index (χ3v) is 5.93. The van der Waals surface area contributed by atoms with Crippen LogP contribution in [0.2, 0.25) is 0 Å². The lowest BCUT2D eigenvalue weighted by Crippen LogP contribution is -2.28. The smallest absolute Gasteiger partial charge is 0.375 e. The van der Waals surface area contributed by atoms with Gasteiger partial charge in [-0.1, -0.05) is 36.4 Å². The maximum atomic E-state index is 12.8. The highest BCUT2D eigenvalue weighted by molar-refractivity contribution is 7.88. The second kappa shape index (κ2) is 7.88. The molecule has 1 heterocycles. The van der Waals surface area contributed by atoms with Crippen molar-refractivity contribution in [1.29, 1.82) is 0 Å². The molecule has 0 atom stereocenters. The van der Waals surface area contributed by atoms with Crippen molar-refractivity contribution < 1.29 is 51.5 Å². The summed E-state index contributed by atoms with van der Waals surface area (Å²) in [6.07, 6.45) is 0.786. The predicted octanol–water partition coefficient (Wildman–Crippen LogP) is 4.15. The summed E-state index contributed by atoms with van der Waals surface area (Å²) >= 11 is 0. The summed E-state index contributed by atoms with van der Waals surface area (Å²) in [5.41, 5.74) is -11.3. The molecule has 0 saturated heterocycles.